The molecule has 0 saturated carbocycles. The van der Waals surface area contributed by atoms with Gasteiger partial charge >= 0.3 is 0 Å². The van der Waals surface area contributed by atoms with Gasteiger partial charge in [-0.15, -0.1) is 0 Å². The second kappa shape index (κ2) is 5.08. The molecule has 0 atom stereocenters. The number of amides is 2. The monoisotopic (exact) mass is 323 g/mol. The number of quaternary nitrogens is 1. The third kappa shape index (κ3) is 1.97. The van der Waals surface area contributed by atoms with Crippen molar-refractivity contribution in [2.75, 3.05) is 6.54 Å². The Bertz CT molecular complexity index is 827. The van der Waals surface area contributed by atoms with Crippen molar-refractivity contribution < 1.29 is 9.59 Å². The van der Waals surface area contributed by atoms with Crippen molar-refractivity contribution in [2.24, 2.45) is 0 Å². The van der Waals surface area contributed by atoms with Crippen LogP contribution in [-0.4, -0.2) is 17.7 Å². The average Bonchev–Trinajstić information content (AvgIpc) is 3.04. The summed E-state index contributed by atoms with van der Waals surface area (Å²) in [6.07, 6.45) is 1.91. The van der Waals surface area contributed by atoms with Crippen LogP contribution < -0.4 is 9.80 Å². The van der Waals surface area contributed by atoms with E-state index in [9.17, 15) is 9.59 Å². The predicted octanol–water partition coefficient (Wildman–Crippen LogP) is 4.15. The third-order valence-corrected chi connectivity index (χ3v) is 5.23. The molecule has 1 N–H and O–H groups in total. The Kier molecular flexibility index (Phi) is 3.14. The number of thioether (sulfide) groups is 1. The van der Waals surface area contributed by atoms with Crippen LogP contribution in [0.25, 0.3) is 11.1 Å². The average molecular weight is 323 g/mol. The van der Waals surface area contributed by atoms with Gasteiger partial charge in [-0.05, 0) is 30.8 Å². The molecule has 4 nitrogen and oxygen atoms in total. The molecule has 2 aliphatic rings. The molecular formula is C18H15N2O2S+. The Morgan fingerprint density at radius 1 is 1.00 bits per heavy atom. The van der Waals surface area contributed by atoms with E-state index in [1.165, 1.54) is 11.1 Å². The second-order valence-electron chi connectivity index (χ2n) is 5.56. The molecule has 0 spiro atoms. The summed E-state index contributed by atoms with van der Waals surface area (Å²) < 4.78 is 0.454. The molecule has 114 valence electrons. The van der Waals surface area contributed by atoms with E-state index in [1.807, 2.05) is 30.5 Å². The van der Waals surface area contributed by atoms with Crippen LogP contribution in [0.3, 0.4) is 0 Å². The van der Waals surface area contributed by atoms with E-state index in [1.54, 1.807) is 0 Å². The number of hydrogen-bond donors (Lipinski definition) is 1. The maximum Gasteiger partial charge on any atom is 0.291 e. The van der Waals surface area contributed by atoms with Crippen LogP contribution in [0.15, 0.2) is 59.6 Å². The number of rotatable bonds is 2. The normalized spacial score (nSPS) is 19.6. The summed E-state index contributed by atoms with van der Waals surface area (Å²) in [6.45, 7) is 2.86. The van der Waals surface area contributed by atoms with Crippen LogP contribution in [0.4, 0.5) is 16.2 Å². The lowest BCUT2D eigenvalue weighted by molar-refractivity contribution is -0.115. The molecule has 5 heteroatoms. The number of carbonyl (C=O) groups excluding carboxylic acids is 2. The zero-order valence-electron chi connectivity index (χ0n) is 12.6. The van der Waals surface area contributed by atoms with E-state index in [0.717, 1.165) is 29.7 Å². The van der Waals surface area contributed by atoms with Gasteiger partial charge in [0.25, 0.3) is 11.1 Å². The van der Waals surface area contributed by atoms with Gasteiger partial charge in [0, 0.05) is 23.3 Å². The summed E-state index contributed by atoms with van der Waals surface area (Å²) in [5, 5.41) is 2.03. The number of imide groups is 1. The Morgan fingerprint density at radius 3 is 2.04 bits per heavy atom. The van der Waals surface area contributed by atoms with Crippen LogP contribution in [0.1, 0.15) is 6.92 Å². The highest BCUT2D eigenvalue weighted by Crippen LogP contribution is 2.53. The molecule has 0 bridgehead atoms. The Hall–Kier alpha value is -2.37. The zero-order chi connectivity index (χ0) is 16.0. The lowest BCUT2D eigenvalue weighted by Crippen LogP contribution is -2.37. The molecule has 0 unspecified atom stereocenters. The highest BCUT2D eigenvalue weighted by Gasteiger charge is 2.43. The molecule has 0 aliphatic carbocycles. The number of hydrogen-bond acceptors (Lipinski definition) is 3. The molecule has 2 aromatic rings. The molecular weight excluding hydrogens is 308 g/mol. The molecule has 0 aromatic heterocycles. The van der Waals surface area contributed by atoms with Crippen molar-refractivity contribution in [3.05, 3.63) is 59.6 Å². The number of para-hydroxylation sites is 2. The SMILES string of the molecule is CC[N+]1(C=C2SC(=O)NC2=O)c2ccccc2-c2ccccc21. The molecule has 2 aromatic carbocycles. The van der Waals surface area contributed by atoms with Crippen molar-refractivity contribution >= 4 is 34.3 Å². The summed E-state index contributed by atoms with van der Waals surface area (Å²) in [4.78, 5) is 24.0. The van der Waals surface area contributed by atoms with Gasteiger partial charge in [0.15, 0.2) is 11.4 Å². The number of carbonyl (C=O) groups is 2. The molecule has 2 amide bonds. The minimum absolute atomic E-state index is 0.309. The van der Waals surface area contributed by atoms with Gasteiger partial charge in [-0.25, -0.2) is 4.48 Å². The maximum atomic E-state index is 12.0. The lowest BCUT2D eigenvalue weighted by atomic mass is 10.1. The summed E-state index contributed by atoms with van der Waals surface area (Å²) in [5.41, 5.74) is 4.63. The van der Waals surface area contributed by atoms with Crippen molar-refractivity contribution in [3.63, 3.8) is 0 Å². The zero-order valence-corrected chi connectivity index (χ0v) is 13.4. The van der Waals surface area contributed by atoms with Crippen molar-refractivity contribution in [1.29, 1.82) is 0 Å². The first-order valence-electron chi connectivity index (χ1n) is 7.49. The highest BCUT2D eigenvalue weighted by molar-refractivity contribution is 8.18. The van der Waals surface area contributed by atoms with Crippen molar-refractivity contribution in [1.82, 2.24) is 9.80 Å². The van der Waals surface area contributed by atoms with Crippen LogP contribution in [0, 0.1) is 0 Å². The fourth-order valence-electron chi connectivity index (χ4n) is 3.41. The van der Waals surface area contributed by atoms with Gasteiger partial charge in [0.05, 0.1) is 6.54 Å². The van der Waals surface area contributed by atoms with Crippen LogP contribution >= 0.6 is 11.8 Å². The summed E-state index contributed by atoms with van der Waals surface area (Å²) in [7, 11) is 0. The van der Waals surface area contributed by atoms with Crippen LogP contribution in [0.2, 0.25) is 0 Å². The summed E-state index contributed by atoms with van der Waals surface area (Å²) in [5.74, 6) is -0.312. The number of benzene rings is 2. The largest absolute Gasteiger partial charge is 0.291 e. The van der Waals surface area contributed by atoms with E-state index >= 15 is 0 Å². The number of nitrogens with zero attached hydrogens (tertiary/aromatic N) is 1. The minimum atomic E-state index is -0.312. The Morgan fingerprint density at radius 2 is 1.57 bits per heavy atom. The van der Waals surface area contributed by atoms with Crippen molar-refractivity contribution in [3.8, 4) is 11.1 Å². The molecule has 2 aliphatic heterocycles. The standard InChI is InChI=1S/C18H14N2O2S/c1-2-20(11-16-17(21)19-18(22)23-16)14-9-5-3-7-12(14)13-8-4-6-10-15(13)20/h3-11H,2H2,1H3/p+1. The maximum absolute atomic E-state index is 12.0. The predicted molar refractivity (Wildman–Crippen MR) is 93.1 cm³/mol. The van der Waals surface area contributed by atoms with Gasteiger partial charge < -0.3 is 0 Å². The van der Waals surface area contributed by atoms with Gasteiger partial charge in [0.1, 0.15) is 11.1 Å². The van der Waals surface area contributed by atoms with Crippen LogP contribution in [0.5, 0.6) is 0 Å². The number of fused-ring (bicyclic) bond motifs is 3. The smallest absolute Gasteiger partial charge is 0.282 e. The van der Waals surface area contributed by atoms with Gasteiger partial charge in [-0.2, -0.15) is 0 Å². The molecule has 23 heavy (non-hydrogen) atoms. The molecule has 0 radical (unpaired) electrons. The Balaban J connectivity index is 1.99. The fourth-order valence-corrected chi connectivity index (χ4v) is 4.13. The summed E-state index contributed by atoms with van der Waals surface area (Å²) >= 11 is 0.970. The lowest BCUT2D eigenvalue weighted by Gasteiger charge is -2.30. The molecule has 2 heterocycles. The fraction of sp³-hybridized carbons (Fsp3) is 0.111. The van der Waals surface area contributed by atoms with E-state index < -0.39 is 0 Å². The van der Waals surface area contributed by atoms with Crippen LogP contribution in [-0.2, 0) is 4.79 Å². The van der Waals surface area contributed by atoms with Gasteiger partial charge in [-0.1, -0.05) is 24.3 Å². The van der Waals surface area contributed by atoms with Gasteiger partial charge in [-0.3, -0.25) is 14.9 Å². The van der Waals surface area contributed by atoms with E-state index in [2.05, 4.69) is 36.5 Å². The van der Waals surface area contributed by atoms with E-state index in [4.69, 9.17) is 0 Å². The van der Waals surface area contributed by atoms with Gasteiger partial charge in [0.2, 0.25) is 0 Å². The topological polar surface area (TPSA) is 46.2 Å². The first kappa shape index (κ1) is 14.2. The number of nitrogens with one attached hydrogen (secondary N) is 1. The quantitative estimate of drug-likeness (QED) is 0.667. The minimum Gasteiger partial charge on any atom is -0.282 e. The molecule has 1 saturated heterocycles. The second-order valence-corrected chi connectivity index (χ2v) is 6.57. The van der Waals surface area contributed by atoms with Crippen molar-refractivity contribution in [2.45, 2.75) is 6.92 Å². The van der Waals surface area contributed by atoms with E-state index in [-0.39, 0.29) is 11.1 Å². The van der Waals surface area contributed by atoms with E-state index in [0.29, 0.717) is 9.39 Å². The third-order valence-electron chi connectivity index (χ3n) is 4.44. The summed E-state index contributed by atoms with van der Waals surface area (Å²) in [6, 6.07) is 16.5. The highest BCUT2D eigenvalue weighted by atomic mass is 32.2. The molecule has 1 fully saturated rings. The molecule has 4 rings (SSSR count). The Labute approximate surface area is 138 Å². The first-order valence-corrected chi connectivity index (χ1v) is 8.31. The first-order chi connectivity index (χ1) is 11.2.